The maximum Gasteiger partial charge on any atom is 0.251 e. The SMILES string of the molecule is Cn1ccnc1COc1ccc(C(=O)NC2CCN(Cc3ccc(F)cc3)CC2)cc1. The van der Waals surface area contributed by atoms with E-state index in [9.17, 15) is 9.18 Å². The Balaban J connectivity index is 1.22. The second-order valence-corrected chi connectivity index (χ2v) is 7.92. The van der Waals surface area contributed by atoms with E-state index < -0.39 is 0 Å². The predicted octanol–water partition coefficient (Wildman–Crippen LogP) is 3.53. The predicted molar refractivity (Wildman–Crippen MR) is 116 cm³/mol. The third kappa shape index (κ3) is 5.70. The molecule has 0 radical (unpaired) electrons. The maximum atomic E-state index is 13.0. The molecule has 1 fully saturated rings. The summed E-state index contributed by atoms with van der Waals surface area (Å²) in [5.74, 6) is 1.27. The fraction of sp³-hybridized carbons (Fsp3) is 0.333. The summed E-state index contributed by atoms with van der Waals surface area (Å²) in [6, 6.07) is 14.0. The molecule has 1 aliphatic rings. The lowest BCUT2D eigenvalue weighted by atomic mass is 10.0. The lowest BCUT2D eigenvalue weighted by molar-refractivity contribution is 0.0909. The van der Waals surface area contributed by atoms with Crippen molar-refractivity contribution in [1.29, 1.82) is 0 Å². The first-order valence-corrected chi connectivity index (χ1v) is 10.5. The van der Waals surface area contributed by atoms with E-state index in [-0.39, 0.29) is 17.8 Å². The summed E-state index contributed by atoms with van der Waals surface area (Å²) in [5.41, 5.74) is 1.73. The van der Waals surface area contributed by atoms with Crippen molar-refractivity contribution in [2.45, 2.75) is 32.0 Å². The molecule has 2 heterocycles. The van der Waals surface area contributed by atoms with E-state index in [1.165, 1.54) is 12.1 Å². The van der Waals surface area contributed by atoms with E-state index in [1.54, 1.807) is 18.3 Å². The number of rotatable bonds is 7. The van der Waals surface area contributed by atoms with Crippen molar-refractivity contribution in [3.05, 3.63) is 83.7 Å². The van der Waals surface area contributed by atoms with Gasteiger partial charge in [0.15, 0.2) is 0 Å². The molecule has 3 aromatic rings. The third-order valence-electron chi connectivity index (χ3n) is 5.65. The molecule has 0 bridgehead atoms. The Morgan fingerprint density at radius 3 is 2.48 bits per heavy atom. The van der Waals surface area contributed by atoms with Crippen LogP contribution in [0.25, 0.3) is 0 Å². The van der Waals surface area contributed by atoms with Gasteiger partial charge in [-0.2, -0.15) is 0 Å². The smallest absolute Gasteiger partial charge is 0.251 e. The van der Waals surface area contributed by atoms with Gasteiger partial charge in [0.05, 0.1) is 0 Å². The first-order valence-electron chi connectivity index (χ1n) is 10.5. The van der Waals surface area contributed by atoms with Crippen LogP contribution in [0, 0.1) is 5.82 Å². The van der Waals surface area contributed by atoms with Crippen molar-refractivity contribution in [2.75, 3.05) is 13.1 Å². The van der Waals surface area contributed by atoms with Crippen LogP contribution in [0.15, 0.2) is 60.9 Å². The number of piperidine rings is 1. The quantitative estimate of drug-likeness (QED) is 0.633. The van der Waals surface area contributed by atoms with Crippen LogP contribution in [-0.4, -0.2) is 39.5 Å². The average Bonchev–Trinajstić information content (AvgIpc) is 3.20. The average molecular weight is 423 g/mol. The zero-order valence-electron chi connectivity index (χ0n) is 17.6. The summed E-state index contributed by atoms with van der Waals surface area (Å²) in [5, 5.41) is 3.14. The summed E-state index contributed by atoms with van der Waals surface area (Å²) in [4.78, 5) is 19.2. The molecule has 31 heavy (non-hydrogen) atoms. The number of carbonyl (C=O) groups excluding carboxylic acids is 1. The molecule has 7 heteroatoms. The molecular formula is C24H27FN4O2. The lowest BCUT2D eigenvalue weighted by Gasteiger charge is -2.32. The van der Waals surface area contributed by atoms with E-state index in [2.05, 4.69) is 15.2 Å². The fourth-order valence-corrected chi connectivity index (χ4v) is 3.74. The van der Waals surface area contributed by atoms with Crippen LogP contribution in [0.4, 0.5) is 4.39 Å². The zero-order valence-corrected chi connectivity index (χ0v) is 17.6. The minimum absolute atomic E-state index is 0.0624. The number of benzene rings is 2. The molecule has 2 aromatic carbocycles. The highest BCUT2D eigenvalue weighted by molar-refractivity contribution is 5.94. The van der Waals surface area contributed by atoms with E-state index in [0.717, 1.165) is 43.9 Å². The van der Waals surface area contributed by atoms with Crippen molar-refractivity contribution in [3.63, 3.8) is 0 Å². The van der Waals surface area contributed by atoms with Gasteiger partial charge in [-0.25, -0.2) is 9.37 Å². The summed E-state index contributed by atoms with van der Waals surface area (Å²) >= 11 is 0. The van der Waals surface area contributed by atoms with Crippen LogP contribution in [0.2, 0.25) is 0 Å². The standard InChI is InChI=1S/C24H27FN4O2/c1-28-15-12-26-23(28)17-31-22-8-4-19(5-9-22)24(30)27-21-10-13-29(14-11-21)16-18-2-6-20(25)7-3-18/h2-9,12,15,21H,10-11,13-14,16-17H2,1H3,(H,27,30). The Morgan fingerprint density at radius 2 is 1.84 bits per heavy atom. The molecule has 1 amide bonds. The molecule has 0 saturated carbocycles. The summed E-state index contributed by atoms with van der Waals surface area (Å²) in [7, 11) is 1.92. The monoisotopic (exact) mass is 422 g/mol. The van der Waals surface area contributed by atoms with Crippen molar-refractivity contribution in [3.8, 4) is 5.75 Å². The van der Waals surface area contributed by atoms with Crippen molar-refractivity contribution >= 4 is 5.91 Å². The van der Waals surface area contributed by atoms with Gasteiger partial charge in [-0.3, -0.25) is 9.69 Å². The van der Waals surface area contributed by atoms with Gasteiger partial charge in [0.2, 0.25) is 0 Å². The van der Waals surface area contributed by atoms with Gasteiger partial charge in [0.1, 0.15) is 24.0 Å². The molecular weight excluding hydrogens is 395 g/mol. The van der Waals surface area contributed by atoms with Crippen LogP contribution in [0.3, 0.4) is 0 Å². The van der Waals surface area contributed by atoms with Crippen LogP contribution in [0.5, 0.6) is 5.75 Å². The molecule has 1 aromatic heterocycles. The zero-order chi connectivity index (χ0) is 21.6. The van der Waals surface area contributed by atoms with Crippen LogP contribution >= 0.6 is 0 Å². The number of halogens is 1. The molecule has 1 aliphatic heterocycles. The molecule has 0 unspecified atom stereocenters. The molecule has 0 aliphatic carbocycles. The van der Waals surface area contributed by atoms with Crippen molar-refractivity contribution in [1.82, 2.24) is 19.8 Å². The molecule has 162 valence electrons. The molecule has 0 spiro atoms. The number of aromatic nitrogens is 2. The van der Waals surface area contributed by atoms with Gasteiger partial charge >= 0.3 is 0 Å². The topological polar surface area (TPSA) is 59.4 Å². The third-order valence-corrected chi connectivity index (χ3v) is 5.65. The Labute approximate surface area is 181 Å². The summed E-state index contributed by atoms with van der Waals surface area (Å²) in [6.45, 7) is 3.00. The van der Waals surface area contributed by atoms with Gasteiger partial charge < -0.3 is 14.6 Å². The number of amides is 1. The summed E-state index contributed by atoms with van der Waals surface area (Å²) in [6.07, 6.45) is 5.41. The van der Waals surface area contributed by atoms with Crippen molar-refractivity contribution < 1.29 is 13.9 Å². The Morgan fingerprint density at radius 1 is 1.13 bits per heavy atom. The largest absolute Gasteiger partial charge is 0.486 e. The fourth-order valence-electron chi connectivity index (χ4n) is 3.74. The number of hydrogen-bond donors (Lipinski definition) is 1. The van der Waals surface area contributed by atoms with Crippen LogP contribution in [-0.2, 0) is 20.2 Å². The Kier molecular flexibility index (Phi) is 6.62. The molecule has 1 saturated heterocycles. The minimum atomic E-state index is -0.210. The van der Waals surface area contributed by atoms with Crippen molar-refractivity contribution in [2.24, 2.45) is 7.05 Å². The van der Waals surface area contributed by atoms with Gasteiger partial charge in [0.25, 0.3) is 5.91 Å². The normalized spacial score (nSPS) is 15.0. The van der Waals surface area contributed by atoms with E-state index >= 15 is 0 Å². The molecule has 0 atom stereocenters. The van der Waals surface area contributed by atoms with Crippen LogP contribution in [0.1, 0.15) is 34.6 Å². The maximum absolute atomic E-state index is 13.0. The van der Waals surface area contributed by atoms with E-state index in [4.69, 9.17) is 4.74 Å². The highest BCUT2D eigenvalue weighted by Crippen LogP contribution is 2.17. The number of imidazole rings is 1. The van der Waals surface area contributed by atoms with Gasteiger partial charge in [0, 0.05) is 50.7 Å². The van der Waals surface area contributed by atoms with E-state index in [0.29, 0.717) is 17.9 Å². The first-order chi connectivity index (χ1) is 15.1. The number of nitrogens with zero attached hydrogens (tertiary/aromatic N) is 3. The molecule has 1 N–H and O–H groups in total. The summed E-state index contributed by atoms with van der Waals surface area (Å²) < 4.78 is 20.7. The van der Waals surface area contributed by atoms with Gasteiger partial charge in [-0.1, -0.05) is 12.1 Å². The lowest BCUT2D eigenvalue weighted by Crippen LogP contribution is -2.44. The van der Waals surface area contributed by atoms with E-state index in [1.807, 2.05) is 42.1 Å². The number of carbonyl (C=O) groups is 1. The number of aryl methyl sites for hydroxylation is 1. The number of nitrogens with one attached hydrogen (secondary N) is 1. The highest BCUT2D eigenvalue weighted by atomic mass is 19.1. The first kappa shape index (κ1) is 21.1. The minimum Gasteiger partial charge on any atom is -0.486 e. The second-order valence-electron chi connectivity index (χ2n) is 7.92. The Hall–Kier alpha value is -3.19. The number of likely N-dealkylation sites (tertiary alicyclic amines) is 1. The number of hydrogen-bond acceptors (Lipinski definition) is 4. The molecule has 6 nitrogen and oxygen atoms in total. The molecule has 4 rings (SSSR count). The van der Waals surface area contributed by atoms with Gasteiger partial charge in [-0.15, -0.1) is 0 Å². The van der Waals surface area contributed by atoms with Crippen LogP contribution < -0.4 is 10.1 Å². The second kappa shape index (κ2) is 9.75. The Bertz CT molecular complexity index is 993. The number of ether oxygens (including phenoxy) is 1. The van der Waals surface area contributed by atoms with Gasteiger partial charge in [-0.05, 0) is 54.8 Å². The highest BCUT2D eigenvalue weighted by Gasteiger charge is 2.21.